The van der Waals surface area contributed by atoms with Crippen molar-refractivity contribution in [2.75, 3.05) is 7.05 Å². The number of aromatic nitrogens is 2. The third-order valence-electron chi connectivity index (χ3n) is 2.25. The summed E-state index contributed by atoms with van der Waals surface area (Å²) in [5.74, 6) is 0.932. The Balaban J connectivity index is 2.53. The van der Waals surface area contributed by atoms with Gasteiger partial charge >= 0.3 is 0 Å². The molecule has 0 spiro atoms. The second kappa shape index (κ2) is 4.09. The fourth-order valence-electron chi connectivity index (χ4n) is 1.54. The van der Waals surface area contributed by atoms with E-state index < -0.39 is 0 Å². The quantitative estimate of drug-likeness (QED) is 0.379. The van der Waals surface area contributed by atoms with Gasteiger partial charge in [0.05, 0.1) is 13.2 Å². The molecule has 15 heavy (non-hydrogen) atoms. The highest BCUT2D eigenvalue weighted by atomic mass is 15.1. The van der Waals surface area contributed by atoms with E-state index in [9.17, 15) is 0 Å². The number of pyridine rings is 1. The summed E-state index contributed by atoms with van der Waals surface area (Å²) in [6.45, 7) is 1.99. The van der Waals surface area contributed by atoms with Crippen molar-refractivity contribution in [3.63, 3.8) is 0 Å². The second-order valence-electron chi connectivity index (χ2n) is 3.27. The number of rotatable bonds is 1. The normalized spacial score (nSPS) is 12.8. The third-order valence-corrected chi connectivity index (χ3v) is 2.25. The van der Waals surface area contributed by atoms with Crippen LogP contribution in [-0.4, -0.2) is 17.3 Å². The van der Waals surface area contributed by atoms with Crippen LogP contribution in [0.25, 0.3) is 5.52 Å². The Morgan fingerprint density at radius 1 is 1.47 bits per heavy atom. The van der Waals surface area contributed by atoms with E-state index in [0.29, 0.717) is 0 Å². The van der Waals surface area contributed by atoms with Crippen LogP contribution in [0.1, 0.15) is 6.92 Å². The Hall–Kier alpha value is -1.90. The third kappa shape index (κ3) is 1.81. The Labute approximate surface area is 89.0 Å². The van der Waals surface area contributed by atoms with Crippen molar-refractivity contribution in [2.45, 2.75) is 6.92 Å². The molecule has 2 aromatic rings. The highest BCUT2D eigenvalue weighted by Gasteiger charge is 2.07. The molecule has 0 amide bonds. The Morgan fingerprint density at radius 3 is 3.00 bits per heavy atom. The van der Waals surface area contributed by atoms with Crippen LogP contribution in [0.2, 0.25) is 0 Å². The molecule has 0 unspecified atom stereocenters. The first-order valence-corrected chi connectivity index (χ1v) is 4.93. The Kier molecular flexibility index (Phi) is 2.63. The molecule has 76 valence electrons. The van der Waals surface area contributed by atoms with Gasteiger partial charge in [0.1, 0.15) is 11.7 Å². The van der Waals surface area contributed by atoms with Gasteiger partial charge in [-0.3, -0.25) is 0 Å². The van der Waals surface area contributed by atoms with Crippen LogP contribution in [0.5, 0.6) is 0 Å². The standard InChI is InChI=1S/C12H14N3/c1-3-6-12(13-2)15-9-11-7-4-5-8-14(11)10-15/h3-10H,1-2H3/q+1. The van der Waals surface area contributed by atoms with Crippen LogP contribution in [-0.2, 0) is 0 Å². The molecule has 2 heterocycles. The molecule has 0 aromatic carbocycles. The van der Waals surface area contributed by atoms with Gasteiger partial charge in [-0.2, -0.15) is 0 Å². The predicted octanol–water partition coefficient (Wildman–Crippen LogP) is 1.68. The zero-order valence-electron chi connectivity index (χ0n) is 8.96. The van der Waals surface area contributed by atoms with Gasteiger partial charge in [0.15, 0.2) is 6.33 Å². The zero-order valence-corrected chi connectivity index (χ0v) is 8.96. The van der Waals surface area contributed by atoms with Crippen molar-refractivity contribution >= 4 is 11.4 Å². The highest BCUT2D eigenvalue weighted by molar-refractivity contribution is 5.85. The van der Waals surface area contributed by atoms with E-state index >= 15 is 0 Å². The number of hydrogen-bond acceptors (Lipinski definition) is 1. The largest absolute Gasteiger partial charge is 0.260 e. The molecular weight excluding hydrogens is 186 g/mol. The summed E-state index contributed by atoms with van der Waals surface area (Å²) in [4.78, 5) is 4.22. The van der Waals surface area contributed by atoms with Crippen molar-refractivity contribution in [1.29, 1.82) is 0 Å². The summed E-state index contributed by atoms with van der Waals surface area (Å²) in [5.41, 5.74) is 1.16. The smallest absolute Gasteiger partial charge is 0.236 e. The molecule has 0 aliphatic carbocycles. The van der Waals surface area contributed by atoms with E-state index in [2.05, 4.69) is 21.7 Å². The fourth-order valence-corrected chi connectivity index (χ4v) is 1.54. The Morgan fingerprint density at radius 2 is 2.33 bits per heavy atom. The molecule has 3 heteroatoms. The van der Waals surface area contributed by atoms with Crippen LogP contribution >= 0.6 is 0 Å². The van der Waals surface area contributed by atoms with Crippen molar-refractivity contribution in [1.82, 2.24) is 4.40 Å². The molecule has 0 aliphatic rings. The molecule has 0 fully saturated rings. The first-order chi connectivity index (χ1) is 7.35. The molecule has 0 N–H and O–H groups in total. The van der Waals surface area contributed by atoms with E-state index in [1.165, 1.54) is 0 Å². The van der Waals surface area contributed by atoms with E-state index in [4.69, 9.17) is 0 Å². The van der Waals surface area contributed by atoms with Crippen LogP contribution in [0.3, 0.4) is 0 Å². The lowest BCUT2D eigenvalue weighted by molar-refractivity contribution is -0.552. The van der Waals surface area contributed by atoms with Crippen LogP contribution in [0.4, 0.5) is 0 Å². The molecule has 0 aliphatic heterocycles. The molecule has 2 aromatic heterocycles. The van der Waals surface area contributed by atoms with Gasteiger partial charge < -0.3 is 0 Å². The minimum atomic E-state index is 0.932. The second-order valence-corrected chi connectivity index (χ2v) is 3.27. The fraction of sp³-hybridized carbons (Fsp3) is 0.167. The molecule has 0 saturated heterocycles. The summed E-state index contributed by atoms with van der Waals surface area (Å²) in [7, 11) is 1.80. The topological polar surface area (TPSA) is 20.6 Å². The van der Waals surface area contributed by atoms with Crippen molar-refractivity contribution in [2.24, 2.45) is 4.99 Å². The maximum absolute atomic E-state index is 4.22. The molecule has 0 bridgehead atoms. The van der Waals surface area contributed by atoms with Gasteiger partial charge in [0.25, 0.3) is 5.84 Å². The maximum Gasteiger partial charge on any atom is 0.260 e. The molecule has 0 radical (unpaired) electrons. The lowest BCUT2D eigenvalue weighted by atomic mass is 10.4. The summed E-state index contributed by atoms with van der Waals surface area (Å²) >= 11 is 0. The average Bonchev–Trinajstić information content (AvgIpc) is 2.69. The number of imidazole rings is 1. The maximum atomic E-state index is 4.22. The number of aliphatic imine (C=N–C) groups is 1. The van der Waals surface area contributed by atoms with Crippen LogP contribution < -0.4 is 4.57 Å². The summed E-state index contributed by atoms with van der Waals surface area (Å²) in [5, 5.41) is 0. The molecule has 2 rings (SSSR count). The SMILES string of the molecule is CC=CC(=NC)[n+]1cc2ccccn2c1. The van der Waals surface area contributed by atoms with Crippen LogP contribution in [0.15, 0.2) is 54.1 Å². The van der Waals surface area contributed by atoms with Crippen molar-refractivity contribution in [3.05, 3.63) is 49.1 Å². The number of fused-ring (bicyclic) bond motifs is 1. The lowest BCUT2D eigenvalue weighted by Gasteiger charge is -1.89. The van der Waals surface area contributed by atoms with Crippen molar-refractivity contribution < 1.29 is 4.57 Å². The zero-order chi connectivity index (χ0) is 10.7. The number of nitrogens with zero attached hydrogens (tertiary/aromatic N) is 3. The van der Waals surface area contributed by atoms with Gasteiger partial charge in [-0.25, -0.2) is 8.97 Å². The van der Waals surface area contributed by atoms with Crippen molar-refractivity contribution in [3.8, 4) is 0 Å². The minimum absolute atomic E-state index is 0.932. The summed E-state index contributed by atoms with van der Waals surface area (Å²) < 4.78 is 4.07. The van der Waals surface area contributed by atoms with Crippen LogP contribution in [0, 0.1) is 0 Å². The number of allylic oxidation sites excluding steroid dienone is 2. The van der Waals surface area contributed by atoms with E-state index in [1.54, 1.807) is 7.05 Å². The van der Waals surface area contributed by atoms with E-state index in [-0.39, 0.29) is 0 Å². The van der Waals surface area contributed by atoms with E-state index in [1.807, 2.05) is 48.3 Å². The van der Waals surface area contributed by atoms with Gasteiger partial charge in [0.2, 0.25) is 0 Å². The summed E-state index contributed by atoms with van der Waals surface area (Å²) in [6, 6.07) is 6.10. The van der Waals surface area contributed by atoms with Gasteiger partial charge in [-0.05, 0) is 19.1 Å². The first kappa shape index (κ1) is 9.65. The highest BCUT2D eigenvalue weighted by Crippen LogP contribution is 1.98. The monoisotopic (exact) mass is 200 g/mol. The first-order valence-electron chi connectivity index (χ1n) is 4.93. The van der Waals surface area contributed by atoms with Gasteiger partial charge in [0, 0.05) is 6.08 Å². The van der Waals surface area contributed by atoms with Gasteiger partial charge in [-0.1, -0.05) is 12.1 Å². The molecule has 0 atom stereocenters. The van der Waals surface area contributed by atoms with Gasteiger partial charge in [-0.15, -0.1) is 4.99 Å². The number of hydrogen-bond donors (Lipinski definition) is 0. The molecule has 0 saturated carbocycles. The molecule has 3 nitrogen and oxygen atoms in total. The Bertz CT molecular complexity index is 487. The minimum Gasteiger partial charge on any atom is -0.236 e. The average molecular weight is 200 g/mol. The van der Waals surface area contributed by atoms with E-state index in [0.717, 1.165) is 11.4 Å². The summed E-state index contributed by atoms with van der Waals surface area (Å²) in [6.07, 6.45) is 10.1. The lowest BCUT2D eigenvalue weighted by Crippen LogP contribution is -2.39. The molecular formula is C12H14N3+. The predicted molar refractivity (Wildman–Crippen MR) is 61.2 cm³/mol.